The van der Waals surface area contributed by atoms with Crippen LogP contribution in [0.1, 0.15) is 11.1 Å². The summed E-state index contributed by atoms with van der Waals surface area (Å²) in [5, 5.41) is 12.1. The number of hydrogen-bond acceptors (Lipinski definition) is 3. The lowest BCUT2D eigenvalue weighted by molar-refractivity contribution is -0.113. The summed E-state index contributed by atoms with van der Waals surface area (Å²) in [5.41, 5.74) is 4.49. The Morgan fingerprint density at radius 1 is 0.923 bits per heavy atom. The van der Waals surface area contributed by atoms with Gasteiger partial charge in [0.15, 0.2) is 0 Å². The van der Waals surface area contributed by atoms with Crippen LogP contribution in [0.4, 0.5) is 5.69 Å². The maximum atomic E-state index is 12.3. The molecule has 26 heavy (non-hydrogen) atoms. The molecule has 0 saturated carbocycles. The van der Waals surface area contributed by atoms with Gasteiger partial charge in [0.25, 0.3) is 0 Å². The first-order chi connectivity index (χ1) is 12.8. The van der Waals surface area contributed by atoms with Gasteiger partial charge in [-0.3, -0.25) is 4.79 Å². The molecule has 0 aliphatic carbocycles. The zero-order chi connectivity index (χ0) is 18.2. The van der Waals surface area contributed by atoms with Gasteiger partial charge in [0.1, 0.15) is 0 Å². The van der Waals surface area contributed by atoms with Gasteiger partial charge >= 0.3 is 0 Å². The molecule has 3 aromatic carbocycles. The number of benzene rings is 3. The molecule has 0 unspecified atom stereocenters. The van der Waals surface area contributed by atoms with Crippen molar-refractivity contribution in [3.8, 4) is 17.2 Å². The van der Waals surface area contributed by atoms with Gasteiger partial charge < -0.3 is 5.32 Å². The number of carbonyl (C=O) groups is 1. The van der Waals surface area contributed by atoms with E-state index in [1.165, 1.54) is 11.8 Å². The van der Waals surface area contributed by atoms with Crippen molar-refractivity contribution in [2.45, 2.75) is 5.75 Å². The highest BCUT2D eigenvalue weighted by atomic mass is 32.2. The number of nitriles is 1. The predicted octanol–water partition coefficient (Wildman–Crippen LogP) is 5.10. The van der Waals surface area contributed by atoms with E-state index in [9.17, 15) is 4.79 Å². The highest BCUT2D eigenvalue weighted by molar-refractivity contribution is 7.99. The Bertz CT molecular complexity index is 932. The Morgan fingerprint density at radius 2 is 1.62 bits per heavy atom. The quantitative estimate of drug-likeness (QED) is 0.667. The van der Waals surface area contributed by atoms with Crippen LogP contribution in [-0.4, -0.2) is 11.7 Å². The van der Waals surface area contributed by atoms with Crippen LogP contribution in [0, 0.1) is 11.3 Å². The average molecular weight is 358 g/mol. The van der Waals surface area contributed by atoms with Crippen molar-refractivity contribution in [2.24, 2.45) is 0 Å². The molecule has 0 saturated heterocycles. The predicted molar refractivity (Wildman–Crippen MR) is 108 cm³/mol. The van der Waals surface area contributed by atoms with Crippen LogP contribution in [0.5, 0.6) is 0 Å². The summed E-state index contributed by atoms with van der Waals surface area (Å²) in [7, 11) is 0. The summed E-state index contributed by atoms with van der Waals surface area (Å²) >= 11 is 1.50. The number of nitrogens with zero attached hydrogens (tertiary/aromatic N) is 1. The van der Waals surface area contributed by atoms with Gasteiger partial charge in [0.2, 0.25) is 5.91 Å². The van der Waals surface area contributed by atoms with E-state index < -0.39 is 0 Å². The van der Waals surface area contributed by atoms with Crippen LogP contribution >= 0.6 is 11.8 Å². The molecule has 0 atom stereocenters. The van der Waals surface area contributed by atoms with Crippen molar-refractivity contribution >= 4 is 23.4 Å². The number of carbonyl (C=O) groups excluding carboxylic acids is 1. The minimum atomic E-state index is -0.0483. The van der Waals surface area contributed by atoms with Gasteiger partial charge in [-0.15, -0.1) is 11.8 Å². The fraction of sp³-hybridized carbons (Fsp3) is 0.0909. The van der Waals surface area contributed by atoms with Gasteiger partial charge in [-0.25, -0.2) is 0 Å². The van der Waals surface area contributed by atoms with Crippen molar-refractivity contribution in [3.05, 3.63) is 90.0 Å². The van der Waals surface area contributed by atoms with E-state index >= 15 is 0 Å². The zero-order valence-electron chi connectivity index (χ0n) is 14.2. The van der Waals surface area contributed by atoms with Crippen LogP contribution in [0.25, 0.3) is 11.1 Å². The van der Waals surface area contributed by atoms with Gasteiger partial charge in [0.05, 0.1) is 17.4 Å². The second kappa shape index (κ2) is 8.89. The van der Waals surface area contributed by atoms with Crippen molar-refractivity contribution in [1.29, 1.82) is 5.26 Å². The molecule has 4 heteroatoms. The number of nitrogens with one attached hydrogen (secondary N) is 1. The molecule has 3 aromatic rings. The van der Waals surface area contributed by atoms with Crippen LogP contribution in [0.3, 0.4) is 0 Å². The molecule has 3 nitrogen and oxygen atoms in total. The van der Waals surface area contributed by atoms with Gasteiger partial charge in [-0.1, -0.05) is 66.7 Å². The molecule has 0 aliphatic heterocycles. The largest absolute Gasteiger partial charge is 0.325 e. The topological polar surface area (TPSA) is 52.9 Å². The molecule has 0 fully saturated rings. The molecule has 3 rings (SSSR count). The normalized spacial score (nSPS) is 10.1. The van der Waals surface area contributed by atoms with Crippen LogP contribution < -0.4 is 5.32 Å². The monoisotopic (exact) mass is 358 g/mol. The van der Waals surface area contributed by atoms with E-state index in [1.807, 2.05) is 72.8 Å². The second-order valence-corrected chi connectivity index (χ2v) is 6.71. The molecule has 0 radical (unpaired) electrons. The third-order valence-electron chi connectivity index (χ3n) is 3.91. The van der Waals surface area contributed by atoms with Crippen molar-refractivity contribution in [1.82, 2.24) is 0 Å². The van der Waals surface area contributed by atoms with E-state index in [2.05, 4.69) is 11.4 Å². The maximum Gasteiger partial charge on any atom is 0.234 e. The average Bonchev–Trinajstić information content (AvgIpc) is 2.69. The van der Waals surface area contributed by atoms with Crippen molar-refractivity contribution in [2.75, 3.05) is 11.1 Å². The molecule has 0 heterocycles. The Kier molecular flexibility index (Phi) is 6.08. The molecule has 0 bridgehead atoms. The van der Waals surface area contributed by atoms with E-state index in [1.54, 1.807) is 6.07 Å². The number of thioether (sulfide) groups is 1. The Balaban J connectivity index is 1.62. The number of hydrogen-bond donors (Lipinski definition) is 1. The fourth-order valence-electron chi connectivity index (χ4n) is 2.66. The molecule has 1 amide bonds. The van der Waals surface area contributed by atoms with Crippen LogP contribution in [-0.2, 0) is 10.5 Å². The lowest BCUT2D eigenvalue weighted by Crippen LogP contribution is -2.14. The van der Waals surface area contributed by atoms with Crippen molar-refractivity contribution < 1.29 is 4.79 Å². The standard InChI is InChI=1S/C22H18N2OS/c23-14-18-10-4-5-11-19(18)15-26-16-22(25)24-21-13-7-6-12-20(21)17-8-2-1-3-9-17/h1-13H,15-16H2,(H,24,25). The second-order valence-electron chi connectivity index (χ2n) is 5.72. The summed E-state index contributed by atoms with van der Waals surface area (Å²) in [4.78, 5) is 12.3. The van der Waals surface area contributed by atoms with Gasteiger partial charge in [-0.05, 0) is 23.3 Å². The maximum absolute atomic E-state index is 12.3. The number of amides is 1. The van der Waals surface area contributed by atoms with E-state index in [4.69, 9.17) is 5.26 Å². The molecule has 128 valence electrons. The SMILES string of the molecule is N#Cc1ccccc1CSCC(=O)Nc1ccccc1-c1ccccc1. The highest BCUT2D eigenvalue weighted by Crippen LogP contribution is 2.27. The number of anilines is 1. The van der Waals surface area contributed by atoms with E-state index in [0.29, 0.717) is 17.1 Å². The summed E-state index contributed by atoms with van der Waals surface area (Å²) in [6, 6.07) is 27.4. The minimum absolute atomic E-state index is 0.0483. The molecule has 0 aromatic heterocycles. The first-order valence-electron chi connectivity index (χ1n) is 8.28. The molecular weight excluding hydrogens is 340 g/mol. The van der Waals surface area contributed by atoms with Gasteiger partial charge in [-0.2, -0.15) is 5.26 Å². The lowest BCUT2D eigenvalue weighted by atomic mass is 10.0. The first-order valence-corrected chi connectivity index (χ1v) is 9.43. The summed E-state index contributed by atoms with van der Waals surface area (Å²) in [6.45, 7) is 0. The highest BCUT2D eigenvalue weighted by Gasteiger charge is 2.09. The van der Waals surface area contributed by atoms with E-state index in [-0.39, 0.29) is 5.91 Å². The van der Waals surface area contributed by atoms with E-state index in [0.717, 1.165) is 22.4 Å². The Hall–Kier alpha value is -3.03. The third-order valence-corrected chi connectivity index (χ3v) is 4.90. The zero-order valence-corrected chi connectivity index (χ0v) is 15.0. The Morgan fingerprint density at radius 3 is 2.42 bits per heavy atom. The Labute approximate surface area is 157 Å². The summed E-state index contributed by atoms with van der Waals surface area (Å²) in [5.74, 6) is 0.924. The molecule has 0 aliphatic rings. The first kappa shape index (κ1) is 17.8. The molecular formula is C22H18N2OS. The fourth-order valence-corrected chi connectivity index (χ4v) is 3.49. The van der Waals surface area contributed by atoms with Gasteiger partial charge in [0, 0.05) is 17.0 Å². The third kappa shape index (κ3) is 4.53. The minimum Gasteiger partial charge on any atom is -0.325 e. The summed E-state index contributed by atoms with van der Waals surface area (Å²) < 4.78 is 0. The molecule has 0 spiro atoms. The van der Waals surface area contributed by atoms with Crippen LogP contribution in [0.15, 0.2) is 78.9 Å². The van der Waals surface area contributed by atoms with Crippen molar-refractivity contribution in [3.63, 3.8) is 0 Å². The lowest BCUT2D eigenvalue weighted by Gasteiger charge is -2.11. The molecule has 1 N–H and O–H groups in total. The van der Waals surface area contributed by atoms with Crippen LogP contribution in [0.2, 0.25) is 0 Å². The summed E-state index contributed by atoms with van der Waals surface area (Å²) in [6.07, 6.45) is 0. The number of para-hydroxylation sites is 1. The number of rotatable bonds is 6. The smallest absolute Gasteiger partial charge is 0.234 e.